The number of ether oxygens (including phenoxy) is 1. The van der Waals surface area contributed by atoms with Crippen molar-refractivity contribution in [2.24, 2.45) is 0 Å². The Hall–Kier alpha value is -2.14. The Bertz CT molecular complexity index is 897. The molecule has 3 atom stereocenters. The Labute approximate surface area is 173 Å². The number of halogens is 1. The number of carbonyl (C=O) groups is 2. The third kappa shape index (κ3) is 2.79. The molecule has 144 valence electrons. The van der Waals surface area contributed by atoms with Gasteiger partial charge in [-0.25, -0.2) is 4.79 Å². The summed E-state index contributed by atoms with van der Waals surface area (Å²) in [5.41, 5.74) is 4.87. The van der Waals surface area contributed by atoms with Gasteiger partial charge in [0.2, 0.25) is 0 Å². The van der Waals surface area contributed by atoms with Gasteiger partial charge in [-0.2, -0.15) is 0 Å². The number of hydrogen-bond acceptors (Lipinski definition) is 3. The molecule has 5 heteroatoms. The van der Waals surface area contributed by atoms with Crippen molar-refractivity contribution in [2.45, 2.75) is 48.5 Å². The molecule has 0 spiro atoms. The van der Waals surface area contributed by atoms with Gasteiger partial charge in [-0.3, -0.25) is 4.79 Å². The van der Waals surface area contributed by atoms with Gasteiger partial charge in [0.1, 0.15) is 6.61 Å². The normalized spacial score (nSPS) is 26.0. The summed E-state index contributed by atoms with van der Waals surface area (Å²) in [6, 6.07) is 16.6. The lowest BCUT2D eigenvalue weighted by atomic mass is 9.84. The van der Waals surface area contributed by atoms with Crippen LogP contribution in [0, 0.1) is 0 Å². The van der Waals surface area contributed by atoms with Gasteiger partial charge in [0.05, 0.1) is 10.9 Å². The highest BCUT2D eigenvalue weighted by Gasteiger charge is 2.46. The van der Waals surface area contributed by atoms with Crippen molar-refractivity contribution in [1.29, 1.82) is 0 Å². The number of amides is 1. The molecule has 2 saturated heterocycles. The van der Waals surface area contributed by atoms with Crippen LogP contribution in [0.25, 0.3) is 11.1 Å². The van der Waals surface area contributed by atoms with Crippen LogP contribution in [0.2, 0.25) is 0 Å². The van der Waals surface area contributed by atoms with Gasteiger partial charge in [0.15, 0.2) is 5.78 Å². The van der Waals surface area contributed by atoms with E-state index in [0.717, 1.165) is 19.3 Å². The first-order valence-corrected chi connectivity index (χ1v) is 10.9. The molecule has 1 aliphatic carbocycles. The average Bonchev–Trinajstić information content (AvgIpc) is 3.04. The summed E-state index contributed by atoms with van der Waals surface area (Å²) in [5.74, 6) is 0.264. The SMILES string of the molecule is O=C1CC2CCCC(C1Br)N2C(=O)OCC1c2ccccc2-c2ccccc21. The summed E-state index contributed by atoms with van der Waals surface area (Å²) in [5, 5.41) is 0. The molecule has 5 rings (SSSR count). The third-order valence-electron chi connectivity index (χ3n) is 6.42. The van der Waals surface area contributed by atoms with Crippen LogP contribution in [0.5, 0.6) is 0 Å². The van der Waals surface area contributed by atoms with Gasteiger partial charge < -0.3 is 9.64 Å². The molecule has 1 amide bonds. The maximum Gasteiger partial charge on any atom is 0.410 e. The monoisotopic (exact) mass is 439 g/mol. The van der Waals surface area contributed by atoms with Gasteiger partial charge >= 0.3 is 6.09 Å². The second-order valence-corrected chi connectivity index (χ2v) is 8.92. The van der Waals surface area contributed by atoms with Gasteiger partial charge in [0, 0.05) is 18.4 Å². The number of benzene rings is 2. The zero-order chi connectivity index (χ0) is 19.3. The lowest BCUT2D eigenvalue weighted by Crippen LogP contribution is -2.60. The number of hydrogen-bond donors (Lipinski definition) is 0. The maximum absolute atomic E-state index is 13.0. The van der Waals surface area contributed by atoms with Crippen LogP contribution in [0.3, 0.4) is 0 Å². The van der Waals surface area contributed by atoms with E-state index in [1.54, 1.807) is 0 Å². The molecule has 2 bridgehead atoms. The Kier molecular flexibility index (Phi) is 4.50. The lowest BCUT2D eigenvalue weighted by molar-refractivity contribution is -0.125. The second-order valence-electron chi connectivity index (χ2n) is 7.94. The first kappa shape index (κ1) is 17.9. The Balaban J connectivity index is 1.37. The highest BCUT2D eigenvalue weighted by Crippen LogP contribution is 2.45. The molecule has 0 aromatic heterocycles. The summed E-state index contributed by atoms with van der Waals surface area (Å²) in [7, 11) is 0. The maximum atomic E-state index is 13.0. The van der Waals surface area contributed by atoms with E-state index in [4.69, 9.17) is 4.74 Å². The van der Waals surface area contributed by atoms with Gasteiger partial charge in [-0.05, 0) is 41.5 Å². The molecule has 2 aromatic rings. The largest absolute Gasteiger partial charge is 0.448 e. The topological polar surface area (TPSA) is 46.6 Å². The molecule has 2 aliphatic heterocycles. The molecule has 2 fully saturated rings. The van der Waals surface area contributed by atoms with E-state index in [1.807, 2.05) is 29.2 Å². The molecule has 2 heterocycles. The van der Waals surface area contributed by atoms with E-state index >= 15 is 0 Å². The average molecular weight is 440 g/mol. The smallest absolute Gasteiger partial charge is 0.410 e. The first-order valence-electron chi connectivity index (χ1n) is 9.95. The zero-order valence-corrected chi connectivity index (χ0v) is 17.1. The molecule has 0 N–H and O–H groups in total. The van der Waals surface area contributed by atoms with Gasteiger partial charge in [0.25, 0.3) is 0 Å². The Morgan fingerprint density at radius 2 is 1.68 bits per heavy atom. The highest BCUT2D eigenvalue weighted by atomic mass is 79.9. The molecule has 2 aromatic carbocycles. The van der Waals surface area contributed by atoms with Crippen LogP contribution in [0.4, 0.5) is 4.79 Å². The second kappa shape index (κ2) is 7.03. The van der Waals surface area contributed by atoms with E-state index in [0.29, 0.717) is 13.0 Å². The van der Waals surface area contributed by atoms with Crippen LogP contribution in [-0.4, -0.2) is 40.3 Å². The fourth-order valence-corrected chi connectivity index (χ4v) is 5.82. The fraction of sp³-hybridized carbons (Fsp3) is 0.391. The number of Topliss-reactive ketones (excluding diaryl/α,β-unsaturated/α-hetero) is 1. The predicted octanol–water partition coefficient (Wildman–Crippen LogP) is 4.89. The number of rotatable bonds is 2. The van der Waals surface area contributed by atoms with Crippen molar-refractivity contribution < 1.29 is 14.3 Å². The van der Waals surface area contributed by atoms with Crippen molar-refractivity contribution in [2.75, 3.05) is 6.61 Å². The number of piperidine rings is 2. The fourth-order valence-electron chi connectivity index (χ4n) is 5.11. The Morgan fingerprint density at radius 1 is 1.04 bits per heavy atom. The molecule has 3 unspecified atom stereocenters. The quantitative estimate of drug-likeness (QED) is 0.625. The molecular weight excluding hydrogens is 418 g/mol. The predicted molar refractivity (Wildman–Crippen MR) is 111 cm³/mol. The summed E-state index contributed by atoms with van der Waals surface area (Å²) in [6.45, 7) is 0.323. The number of ketones is 1. The lowest BCUT2D eigenvalue weighted by Gasteiger charge is -2.46. The summed E-state index contributed by atoms with van der Waals surface area (Å²) < 4.78 is 5.85. The standard InChI is InChI=1S/C23H22BrNO3/c24-22-20-11-5-6-14(12-21(22)26)25(20)23(27)28-13-19-17-9-3-1-7-15(17)16-8-2-4-10-18(16)19/h1-4,7-10,14,19-20,22H,5-6,11-13H2. The first-order chi connectivity index (χ1) is 13.6. The van der Waals surface area contributed by atoms with E-state index < -0.39 is 0 Å². The van der Waals surface area contributed by atoms with Crippen LogP contribution in [-0.2, 0) is 9.53 Å². The van der Waals surface area contributed by atoms with E-state index in [1.165, 1.54) is 22.3 Å². The van der Waals surface area contributed by atoms with E-state index in [9.17, 15) is 9.59 Å². The van der Waals surface area contributed by atoms with Gasteiger partial charge in [-0.1, -0.05) is 64.5 Å². The van der Waals surface area contributed by atoms with Crippen LogP contribution < -0.4 is 0 Å². The van der Waals surface area contributed by atoms with Crippen molar-refractivity contribution >= 4 is 27.8 Å². The van der Waals surface area contributed by atoms with E-state index in [-0.39, 0.29) is 34.7 Å². The van der Waals surface area contributed by atoms with Crippen LogP contribution >= 0.6 is 15.9 Å². The molecule has 0 saturated carbocycles. The summed E-state index contributed by atoms with van der Waals surface area (Å²) in [6.07, 6.45) is 2.93. The minimum atomic E-state index is -0.284. The van der Waals surface area contributed by atoms with Crippen molar-refractivity contribution in [3.8, 4) is 11.1 Å². The molecule has 0 radical (unpaired) electrons. The summed E-state index contributed by atoms with van der Waals surface area (Å²) in [4.78, 5) is 26.8. The third-order valence-corrected chi connectivity index (χ3v) is 7.54. The Morgan fingerprint density at radius 3 is 2.36 bits per heavy atom. The molecule has 3 aliphatic rings. The minimum Gasteiger partial charge on any atom is -0.448 e. The van der Waals surface area contributed by atoms with Crippen molar-refractivity contribution in [1.82, 2.24) is 4.90 Å². The molecule has 28 heavy (non-hydrogen) atoms. The number of nitrogens with zero attached hydrogens (tertiary/aromatic N) is 1. The van der Waals surface area contributed by atoms with Crippen molar-refractivity contribution in [3.63, 3.8) is 0 Å². The zero-order valence-electron chi connectivity index (χ0n) is 15.5. The minimum absolute atomic E-state index is 0.0179. The molecular formula is C23H22BrNO3. The number of alkyl halides is 1. The van der Waals surface area contributed by atoms with Crippen LogP contribution in [0.1, 0.15) is 42.7 Å². The van der Waals surface area contributed by atoms with E-state index in [2.05, 4.69) is 40.2 Å². The number of carbonyl (C=O) groups excluding carboxylic acids is 2. The number of fused-ring (bicyclic) bond motifs is 5. The molecule has 4 nitrogen and oxygen atoms in total. The highest BCUT2D eigenvalue weighted by molar-refractivity contribution is 9.10. The summed E-state index contributed by atoms with van der Waals surface area (Å²) >= 11 is 3.51. The van der Waals surface area contributed by atoms with Crippen LogP contribution in [0.15, 0.2) is 48.5 Å². The van der Waals surface area contributed by atoms with Crippen molar-refractivity contribution in [3.05, 3.63) is 59.7 Å². The van der Waals surface area contributed by atoms with Gasteiger partial charge in [-0.15, -0.1) is 0 Å².